The van der Waals surface area contributed by atoms with Crippen molar-refractivity contribution in [1.29, 1.82) is 0 Å². The number of aliphatic hydroxyl groups is 2. The highest BCUT2D eigenvalue weighted by Crippen LogP contribution is 2.24. The zero-order valence-corrected chi connectivity index (χ0v) is 30.3. The van der Waals surface area contributed by atoms with Crippen molar-refractivity contribution in [1.82, 2.24) is 0 Å². The molecule has 0 radical (unpaired) electrons. The van der Waals surface area contributed by atoms with Gasteiger partial charge in [0, 0.05) is 39.1 Å². The van der Waals surface area contributed by atoms with Crippen LogP contribution in [-0.4, -0.2) is 98.0 Å². The van der Waals surface area contributed by atoms with Crippen LogP contribution in [0.3, 0.4) is 0 Å². The molecule has 0 aliphatic heterocycles. The summed E-state index contributed by atoms with van der Waals surface area (Å²) in [5.74, 6) is 1.41. The normalized spacial score (nSPS) is 16.6. The second-order valence-electron chi connectivity index (χ2n) is 14.1. The molecule has 41 heavy (non-hydrogen) atoms. The molecule has 0 spiro atoms. The molecule has 0 saturated carbocycles. The van der Waals surface area contributed by atoms with Gasteiger partial charge in [-0.1, -0.05) is 27.7 Å². The lowest BCUT2D eigenvalue weighted by atomic mass is 10.0. The van der Waals surface area contributed by atoms with Crippen LogP contribution in [0.15, 0.2) is 0 Å². The molecule has 0 aromatic rings. The van der Waals surface area contributed by atoms with Crippen molar-refractivity contribution < 1.29 is 33.3 Å². The van der Waals surface area contributed by atoms with Gasteiger partial charge in [0.2, 0.25) is 0 Å². The van der Waals surface area contributed by atoms with Crippen LogP contribution in [0.5, 0.6) is 0 Å². The summed E-state index contributed by atoms with van der Waals surface area (Å²) >= 11 is 0. The molecule has 0 aromatic carbocycles. The number of ether oxygens (including phenoxy) is 4. The van der Waals surface area contributed by atoms with Crippen LogP contribution in [0.4, 0.5) is 0 Å². The van der Waals surface area contributed by atoms with Crippen molar-refractivity contribution in [3.63, 3.8) is 0 Å². The molecule has 10 heteroatoms. The Hall–Kier alpha value is 0.114. The molecule has 0 heterocycles. The standard InChI is InChI=1S/C31H69NO7Si2/c1-26(2)20-37-21-27(3)12-14-30(33)24-35-16-10-18-40(6,7)39-41(8,9)19-11-17-36-25-31(34)15-13-28(4)22-38-23-29(5)32/h26-31,33-34H,10-25,32H2,1-9H3. The van der Waals surface area contributed by atoms with E-state index < -0.39 is 28.8 Å². The number of rotatable bonds is 28. The quantitative estimate of drug-likeness (QED) is 0.0739. The predicted octanol–water partition coefficient (Wildman–Crippen LogP) is 5.82. The summed E-state index contributed by atoms with van der Waals surface area (Å²) in [6, 6.07) is 2.17. The highest BCUT2D eigenvalue weighted by atomic mass is 28.4. The molecule has 0 aliphatic rings. The highest BCUT2D eigenvalue weighted by molar-refractivity contribution is 6.84. The minimum absolute atomic E-state index is 0.0587. The molecule has 0 bridgehead atoms. The van der Waals surface area contributed by atoms with Gasteiger partial charge >= 0.3 is 0 Å². The minimum Gasteiger partial charge on any atom is -0.455 e. The van der Waals surface area contributed by atoms with Crippen molar-refractivity contribution in [2.75, 3.05) is 52.9 Å². The molecule has 0 rings (SSSR count). The van der Waals surface area contributed by atoms with E-state index in [4.69, 9.17) is 28.8 Å². The van der Waals surface area contributed by atoms with Crippen molar-refractivity contribution in [2.45, 2.75) is 130 Å². The first-order valence-corrected chi connectivity index (χ1v) is 22.5. The van der Waals surface area contributed by atoms with Gasteiger partial charge in [-0.05, 0) is 101 Å². The average molecular weight is 624 g/mol. The average Bonchev–Trinajstić information content (AvgIpc) is 2.84. The molecule has 0 aliphatic carbocycles. The number of aliphatic hydroxyl groups excluding tert-OH is 2. The van der Waals surface area contributed by atoms with Gasteiger partial charge in [0.1, 0.15) is 0 Å². The maximum Gasteiger partial charge on any atom is 0.173 e. The lowest BCUT2D eigenvalue weighted by Crippen LogP contribution is -2.44. The second kappa shape index (κ2) is 23.5. The summed E-state index contributed by atoms with van der Waals surface area (Å²) in [6.45, 7) is 24.7. The smallest absolute Gasteiger partial charge is 0.173 e. The summed E-state index contributed by atoms with van der Waals surface area (Å²) in [5.41, 5.74) is 5.70. The van der Waals surface area contributed by atoms with Gasteiger partial charge < -0.3 is 39.0 Å². The Labute approximate surface area is 255 Å². The highest BCUT2D eigenvalue weighted by Gasteiger charge is 2.32. The molecular formula is C31H69NO7Si2. The lowest BCUT2D eigenvalue weighted by molar-refractivity contribution is 0.0247. The third-order valence-electron chi connectivity index (χ3n) is 6.93. The van der Waals surface area contributed by atoms with Crippen LogP contribution < -0.4 is 5.73 Å². The fourth-order valence-electron chi connectivity index (χ4n) is 4.74. The van der Waals surface area contributed by atoms with E-state index in [1.807, 2.05) is 6.92 Å². The van der Waals surface area contributed by atoms with E-state index in [2.05, 4.69) is 53.9 Å². The van der Waals surface area contributed by atoms with Gasteiger partial charge in [0.15, 0.2) is 16.6 Å². The summed E-state index contributed by atoms with van der Waals surface area (Å²) in [7, 11) is -3.57. The predicted molar refractivity (Wildman–Crippen MR) is 175 cm³/mol. The molecule has 0 saturated heterocycles. The van der Waals surface area contributed by atoms with Gasteiger partial charge in [-0.2, -0.15) is 0 Å². The summed E-state index contributed by atoms with van der Waals surface area (Å²) in [6.07, 6.45) is 4.42. The molecule has 5 atom stereocenters. The molecule has 0 amide bonds. The molecule has 0 fully saturated rings. The van der Waals surface area contributed by atoms with Crippen molar-refractivity contribution in [3.8, 4) is 0 Å². The Morgan fingerprint density at radius 2 is 0.976 bits per heavy atom. The van der Waals surface area contributed by atoms with Crippen LogP contribution in [-0.2, 0) is 23.1 Å². The van der Waals surface area contributed by atoms with Crippen LogP contribution in [0.1, 0.15) is 73.1 Å². The van der Waals surface area contributed by atoms with Crippen LogP contribution in [0, 0.1) is 17.8 Å². The third-order valence-corrected chi connectivity index (χ3v) is 14.5. The minimum atomic E-state index is -1.79. The monoisotopic (exact) mass is 623 g/mol. The van der Waals surface area contributed by atoms with E-state index in [1.54, 1.807) is 0 Å². The third kappa shape index (κ3) is 27.4. The Morgan fingerprint density at radius 1 is 0.561 bits per heavy atom. The van der Waals surface area contributed by atoms with Gasteiger partial charge in [-0.25, -0.2) is 0 Å². The number of hydrogen-bond donors (Lipinski definition) is 3. The SMILES string of the molecule is CC(C)COCC(C)CCC(O)COCCC[Si](C)(C)O[Si](C)(C)CCCOCC(O)CCC(C)COCC(C)N. The fraction of sp³-hybridized carbons (Fsp3) is 1.00. The summed E-state index contributed by atoms with van der Waals surface area (Å²) < 4.78 is 29.6. The van der Waals surface area contributed by atoms with Gasteiger partial charge in [-0.15, -0.1) is 0 Å². The van der Waals surface area contributed by atoms with Crippen molar-refractivity contribution >= 4 is 16.6 Å². The van der Waals surface area contributed by atoms with Gasteiger partial charge in [0.25, 0.3) is 0 Å². The van der Waals surface area contributed by atoms with E-state index in [0.717, 1.165) is 63.8 Å². The first-order chi connectivity index (χ1) is 19.1. The van der Waals surface area contributed by atoms with E-state index >= 15 is 0 Å². The van der Waals surface area contributed by atoms with Crippen LogP contribution >= 0.6 is 0 Å². The van der Waals surface area contributed by atoms with E-state index in [9.17, 15) is 10.2 Å². The van der Waals surface area contributed by atoms with Gasteiger partial charge in [-0.3, -0.25) is 0 Å². The zero-order valence-electron chi connectivity index (χ0n) is 28.3. The van der Waals surface area contributed by atoms with Crippen LogP contribution in [0.2, 0.25) is 38.3 Å². The molecule has 248 valence electrons. The lowest BCUT2D eigenvalue weighted by Gasteiger charge is -2.34. The topological polar surface area (TPSA) is 113 Å². The summed E-state index contributed by atoms with van der Waals surface area (Å²) in [4.78, 5) is 0. The largest absolute Gasteiger partial charge is 0.455 e. The first-order valence-electron chi connectivity index (χ1n) is 16.2. The maximum absolute atomic E-state index is 10.3. The molecule has 8 nitrogen and oxygen atoms in total. The van der Waals surface area contributed by atoms with Crippen molar-refractivity contribution in [3.05, 3.63) is 0 Å². The molecule has 4 N–H and O–H groups in total. The number of hydrogen-bond acceptors (Lipinski definition) is 8. The van der Waals surface area contributed by atoms with E-state index in [-0.39, 0.29) is 6.04 Å². The Balaban J connectivity index is 3.93. The zero-order chi connectivity index (χ0) is 31.3. The van der Waals surface area contributed by atoms with Crippen LogP contribution in [0.25, 0.3) is 0 Å². The Bertz CT molecular complexity index is 561. The summed E-state index contributed by atoms with van der Waals surface area (Å²) in [5, 5.41) is 20.5. The van der Waals surface area contributed by atoms with Gasteiger partial charge in [0.05, 0.1) is 32.0 Å². The Morgan fingerprint density at radius 3 is 1.37 bits per heavy atom. The maximum atomic E-state index is 10.3. The Kier molecular flexibility index (Phi) is 23.6. The van der Waals surface area contributed by atoms with E-state index in [0.29, 0.717) is 57.4 Å². The molecule has 0 aromatic heterocycles. The molecule has 5 unspecified atom stereocenters. The van der Waals surface area contributed by atoms with Crippen molar-refractivity contribution in [2.24, 2.45) is 23.5 Å². The fourth-order valence-corrected chi connectivity index (χ4v) is 13.5. The number of nitrogens with two attached hydrogens (primary N) is 1. The van der Waals surface area contributed by atoms with E-state index in [1.165, 1.54) is 0 Å². The first kappa shape index (κ1) is 41.1. The molecular weight excluding hydrogens is 555 g/mol. The second-order valence-corrected chi connectivity index (χ2v) is 23.0.